The Hall–Kier alpha value is -1.84. The Balaban J connectivity index is 2.15. The highest BCUT2D eigenvalue weighted by Gasteiger charge is 2.14. The minimum Gasteiger partial charge on any atom is -0.462 e. The minimum absolute atomic E-state index is 0.0932. The van der Waals surface area contributed by atoms with Gasteiger partial charge in [0, 0.05) is 0 Å². The van der Waals surface area contributed by atoms with Crippen LogP contribution in [0.15, 0.2) is 24.3 Å². The molecule has 1 atom stereocenters. The Kier molecular flexibility index (Phi) is 18.2. The van der Waals surface area contributed by atoms with Gasteiger partial charge in [-0.1, -0.05) is 104 Å². The average molecular weight is 475 g/mol. The number of carbonyl (C=O) groups excluding carboxylic acids is 2. The molecule has 194 valence electrons. The maximum Gasteiger partial charge on any atom is 0.338 e. The summed E-state index contributed by atoms with van der Waals surface area (Å²) in [7, 11) is 0. The Morgan fingerprint density at radius 3 is 1.53 bits per heavy atom. The molecule has 0 heterocycles. The zero-order valence-corrected chi connectivity index (χ0v) is 22.2. The smallest absolute Gasteiger partial charge is 0.338 e. The lowest BCUT2D eigenvalue weighted by atomic mass is 10.1. The molecule has 0 aliphatic heterocycles. The van der Waals surface area contributed by atoms with Crippen LogP contribution in [0.4, 0.5) is 0 Å². The van der Waals surface area contributed by atoms with E-state index in [4.69, 9.17) is 9.47 Å². The first-order chi connectivity index (χ1) is 16.6. The molecule has 4 nitrogen and oxygen atoms in total. The molecule has 1 aromatic carbocycles. The van der Waals surface area contributed by atoms with Gasteiger partial charge in [0.1, 0.15) is 0 Å². The van der Waals surface area contributed by atoms with E-state index in [-0.39, 0.29) is 18.0 Å². The highest BCUT2D eigenvalue weighted by molar-refractivity contribution is 5.93. The SMILES string of the molecule is CCCCCCCCCCCCOC(=O)c1ccc(C(=O)OC(C)CCCCCCCC)cc1. The summed E-state index contributed by atoms with van der Waals surface area (Å²) in [6.45, 7) is 6.87. The van der Waals surface area contributed by atoms with Crippen LogP contribution < -0.4 is 0 Å². The van der Waals surface area contributed by atoms with E-state index < -0.39 is 0 Å². The van der Waals surface area contributed by atoms with Crippen LogP contribution in [-0.2, 0) is 9.47 Å². The molecule has 0 aromatic heterocycles. The molecular formula is C30H50O4. The second-order valence-electron chi connectivity index (χ2n) is 9.67. The first-order valence-electron chi connectivity index (χ1n) is 14.1. The maximum atomic E-state index is 12.4. The van der Waals surface area contributed by atoms with Gasteiger partial charge in [-0.3, -0.25) is 0 Å². The van der Waals surface area contributed by atoms with Crippen LogP contribution >= 0.6 is 0 Å². The summed E-state index contributed by atoms with van der Waals surface area (Å²) >= 11 is 0. The molecule has 0 bridgehead atoms. The standard InChI is InChI=1S/C30H50O4/c1-4-6-8-10-12-13-14-15-17-19-25-33-29(31)27-21-23-28(24-22-27)30(32)34-26(3)20-18-16-11-9-7-5-2/h21-24,26H,4-20,25H2,1-3H3. The zero-order valence-electron chi connectivity index (χ0n) is 22.2. The Bertz CT molecular complexity index is 638. The molecule has 34 heavy (non-hydrogen) atoms. The summed E-state index contributed by atoms with van der Waals surface area (Å²) in [5, 5.41) is 0. The van der Waals surface area contributed by atoms with Gasteiger partial charge in [0.25, 0.3) is 0 Å². The Morgan fingerprint density at radius 2 is 1.03 bits per heavy atom. The van der Waals surface area contributed by atoms with Crippen molar-refractivity contribution >= 4 is 11.9 Å². The number of hydrogen-bond acceptors (Lipinski definition) is 4. The largest absolute Gasteiger partial charge is 0.462 e. The quantitative estimate of drug-likeness (QED) is 0.132. The van der Waals surface area contributed by atoms with Crippen molar-refractivity contribution < 1.29 is 19.1 Å². The first kappa shape index (κ1) is 30.2. The molecule has 0 amide bonds. The maximum absolute atomic E-state index is 12.4. The second kappa shape index (κ2) is 20.5. The number of ether oxygens (including phenoxy) is 2. The van der Waals surface area contributed by atoms with E-state index in [0.29, 0.717) is 17.7 Å². The summed E-state index contributed by atoms with van der Waals surface area (Å²) in [6, 6.07) is 6.60. The monoisotopic (exact) mass is 474 g/mol. The van der Waals surface area contributed by atoms with Crippen molar-refractivity contribution in [2.75, 3.05) is 6.61 Å². The predicted molar refractivity (Wildman–Crippen MR) is 141 cm³/mol. The van der Waals surface area contributed by atoms with Crippen molar-refractivity contribution in [1.82, 2.24) is 0 Å². The van der Waals surface area contributed by atoms with Gasteiger partial charge in [0.15, 0.2) is 0 Å². The molecule has 0 aliphatic carbocycles. The summed E-state index contributed by atoms with van der Waals surface area (Å²) < 4.78 is 10.9. The molecule has 0 N–H and O–H groups in total. The summed E-state index contributed by atoms with van der Waals surface area (Å²) in [5.74, 6) is -0.656. The molecule has 4 heteroatoms. The molecule has 0 fully saturated rings. The topological polar surface area (TPSA) is 52.6 Å². The number of carbonyl (C=O) groups is 2. The van der Waals surface area contributed by atoms with Gasteiger partial charge < -0.3 is 9.47 Å². The highest BCUT2D eigenvalue weighted by Crippen LogP contribution is 2.14. The number of hydrogen-bond donors (Lipinski definition) is 0. The zero-order chi connectivity index (χ0) is 24.9. The van der Waals surface area contributed by atoms with Crippen LogP contribution in [0.1, 0.15) is 151 Å². The molecule has 0 saturated heterocycles. The molecule has 1 aromatic rings. The van der Waals surface area contributed by atoms with E-state index in [9.17, 15) is 9.59 Å². The third kappa shape index (κ3) is 15.1. The fourth-order valence-electron chi connectivity index (χ4n) is 4.10. The normalized spacial score (nSPS) is 11.9. The predicted octanol–water partition coefficient (Wildman–Crippen LogP) is 9.06. The van der Waals surface area contributed by atoms with E-state index in [1.807, 2.05) is 6.92 Å². The molecule has 1 unspecified atom stereocenters. The number of esters is 2. The van der Waals surface area contributed by atoms with Crippen LogP contribution in [-0.4, -0.2) is 24.6 Å². The lowest BCUT2D eigenvalue weighted by molar-refractivity contribution is 0.0318. The van der Waals surface area contributed by atoms with Crippen LogP contribution in [0.5, 0.6) is 0 Å². The molecule has 0 saturated carbocycles. The van der Waals surface area contributed by atoms with Crippen LogP contribution in [0.3, 0.4) is 0 Å². The highest BCUT2D eigenvalue weighted by atomic mass is 16.5. The molecule has 0 aliphatic rings. The van der Waals surface area contributed by atoms with Crippen molar-refractivity contribution in [1.29, 1.82) is 0 Å². The van der Waals surface area contributed by atoms with Crippen LogP contribution in [0.25, 0.3) is 0 Å². The van der Waals surface area contributed by atoms with E-state index in [1.54, 1.807) is 24.3 Å². The van der Waals surface area contributed by atoms with Gasteiger partial charge >= 0.3 is 11.9 Å². The third-order valence-electron chi connectivity index (χ3n) is 6.36. The molecule has 0 spiro atoms. The van der Waals surface area contributed by atoms with Crippen LogP contribution in [0, 0.1) is 0 Å². The van der Waals surface area contributed by atoms with Gasteiger partial charge in [0.05, 0.1) is 23.8 Å². The molecular weight excluding hydrogens is 424 g/mol. The first-order valence-corrected chi connectivity index (χ1v) is 14.1. The van der Waals surface area contributed by atoms with Crippen molar-refractivity contribution in [3.8, 4) is 0 Å². The number of rotatable bonds is 21. The van der Waals surface area contributed by atoms with Gasteiger partial charge in [0.2, 0.25) is 0 Å². The lowest BCUT2D eigenvalue weighted by Gasteiger charge is -2.13. The molecule has 1 rings (SSSR count). The Morgan fingerprint density at radius 1 is 0.618 bits per heavy atom. The number of benzene rings is 1. The summed E-state index contributed by atoms with van der Waals surface area (Å²) in [4.78, 5) is 24.6. The van der Waals surface area contributed by atoms with E-state index >= 15 is 0 Å². The van der Waals surface area contributed by atoms with Crippen LogP contribution in [0.2, 0.25) is 0 Å². The van der Waals surface area contributed by atoms with Crippen molar-refractivity contribution in [2.45, 2.75) is 136 Å². The molecule has 0 radical (unpaired) electrons. The van der Waals surface area contributed by atoms with Gasteiger partial charge in [-0.05, 0) is 50.5 Å². The van der Waals surface area contributed by atoms with Gasteiger partial charge in [-0.25, -0.2) is 9.59 Å². The van der Waals surface area contributed by atoms with Crippen molar-refractivity contribution in [3.63, 3.8) is 0 Å². The lowest BCUT2D eigenvalue weighted by Crippen LogP contribution is -2.15. The Labute approximate surface area is 209 Å². The summed E-state index contributed by atoms with van der Waals surface area (Å²) in [6.07, 6.45) is 20.7. The fourth-order valence-corrected chi connectivity index (χ4v) is 4.10. The second-order valence-corrected chi connectivity index (χ2v) is 9.67. The average Bonchev–Trinajstić information content (AvgIpc) is 2.84. The number of unbranched alkanes of at least 4 members (excludes halogenated alkanes) is 14. The minimum atomic E-state index is -0.330. The summed E-state index contributed by atoms with van der Waals surface area (Å²) in [5.41, 5.74) is 0.949. The fraction of sp³-hybridized carbons (Fsp3) is 0.733. The third-order valence-corrected chi connectivity index (χ3v) is 6.36. The van der Waals surface area contributed by atoms with E-state index in [2.05, 4.69) is 13.8 Å². The van der Waals surface area contributed by atoms with Crippen molar-refractivity contribution in [2.24, 2.45) is 0 Å². The van der Waals surface area contributed by atoms with E-state index in [0.717, 1.165) is 25.7 Å². The van der Waals surface area contributed by atoms with E-state index in [1.165, 1.54) is 83.5 Å². The van der Waals surface area contributed by atoms with Gasteiger partial charge in [-0.2, -0.15) is 0 Å². The van der Waals surface area contributed by atoms with Crippen molar-refractivity contribution in [3.05, 3.63) is 35.4 Å². The van der Waals surface area contributed by atoms with Gasteiger partial charge in [-0.15, -0.1) is 0 Å².